The molecule has 1 N–H and O–H groups in total. The average Bonchev–Trinajstić information content (AvgIpc) is 2.73. The SMILES string of the molecule is CCCCSC1=NN2C(=c3ccccc3=N[C@H]2C(=O)c2ccccc2)C(=O)N1. The summed E-state index contributed by atoms with van der Waals surface area (Å²) in [6.45, 7) is 2.11. The van der Waals surface area contributed by atoms with E-state index in [1.165, 1.54) is 16.8 Å². The number of benzene rings is 2. The van der Waals surface area contributed by atoms with Crippen molar-refractivity contribution in [2.75, 3.05) is 5.75 Å². The number of hydrogen-bond donors (Lipinski definition) is 1. The number of para-hydroxylation sites is 1. The number of Topliss-reactive ketones (excluding diaryl/α,β-unsaturated/α-hetero) is 1. The van der Waals surface area contributed by atoms with Crippen LogP contribution < -0.4 is 15.9 Å². The minimum Gasteiger partial charge on any atom is -0.298 e. The monoisotopic (exact) mass is 392 g/mol. The van der Waals surface area contributed by atoms with Crippen molar-refractivity contribution in [2.24, 2.45) is 10.1 Å². The van der Waals surface area contributed by atoms with Crippen LogP contribution in [0.15, 0.2) is 64.7 Å². The number of nitrogens with one attached hydrogen (secondary N) is 1. The Morgan fingerprint density at radius 2 is 1.89 bits per heavy atom. The van der Waals surface area contributed by atoms with Crippen molar-refractivity contribution in [3.05, 3.63) is 70.7 Å². The second kappa shape index (κ2) is 7.98. The van der Waals surface area contributed by atoms with Gasteiger partial charge < -0.3 is 0 Å². The molecule has 0 aromatic heterocycles. The first-order valence-corrected chi connectivity index (χ1v) is 10.3. The lowest BCUT2D eigenvalue weighted by Gasteiger charge is -2.33. The Hall–Kier alpha value is -2.93. The van der Waals surface area contributed by atoms with Crippen molar-refractivity contribution in [3.63, 3.8) is 0 Å². The van der Waals surface area contributed by atoms with E-state index in [4.69, 9.17) is 0 Å². The molecule has 2 aliphatic heterocycles. The number of rotatable bonds is 5. The number of amides is 1. The summed E-state index contributed by atoms with van der Waals surface area (Å²) in [6.07, 6.45) is 1.18. The van der Waals surface area contributed by atoms with Crippen molar-refractivity contribution in [1.29, 1.82) is 0 Å². The van der Waals surface area contributed by atoms with Gasteiger partial charge >= 0.3 is 0 Å². The van der Waals surface area contributed by atoms with Crippen LogP contribution >= 0.6 is 11.8 Å². The Morgan fingerprint density at radius 3 is 2.68 bits per heavy atom. The maximum absolute atomic E-state index is 13.2. The maximum atomic E-state index is 13.2. The molecule has 2 aliphatic rings. The molecule has 142 valence electrons. The molecule has 2 heterocycles. The van der Waals surface area contributed by atoms with Crippen LogP contribution in [-0.2, 0) is 4.79 Å². The van der Waals surface area contributed by atoms with Crippen molar-refractivity contribution in [2.45, 2.75) is 25.9 Å². The highest BCUT2D eigenvalue weighted by Gasteiger charge is 2.37. The summed E-state index contributed by atoms with van der Waals surface area (Å²) in [5.41, 5.74) is 0.899. The van der Waals surface area contributed by atoms with E-state index in [1.54, 1.807) is 12.1 Å². The number of hydrazone groups is 1. The highest BCUT2D eigenvalue weighted by atomic mass is 32.2. The lowest BCUT2D eigenvalue weighted by molar-refractivity contribution is -0.115. The first-order valence-electron chi connectivity index (χ1n) is 9.27. The minimum atomic E-state index is -0.903. The Morgan fingerprint density at radius 1 is 1.14 bits per heavy atom. The van der Waals surface area contributed by atoms with Crippen molar-refractivity contribution in [3.8, 4) is 0 Å². The number of thioether (sulfide) groups is 1. The zero-order valence-corrected chi connectivity index (χ0v) is 16.3. The van der Waals surface area contributed by atoms with Gasteiger partial charge in [-0.25, -0.2) is 10.0 Å². The van der Waals surface area contributed by atoms with Crippen molar-refractivity contribution < 1.29 is 9.59 Å². The topological polar surface area (TPSA) is 74.1 Å². The lowest BCUT2D eigenvalue weighted by atomic mass is 10.1. The number of hydrogen-bond acceptors (Lipinski definition) is 6. The van der Waals surface area contributed by atoms with E-state index >= 15 is 0 Å². The summed E-state index contributed by atoms with van der Waals surface area (Å²) < 4.78 is 0. The van der Waals surface area contributed by atoms with E-state index in [0.29, 0.717) is 27.0 Å². The van der Waals surface area contributed by atoms with E-state index < -0.39 is 6.17 Å². The molecule has 0 bridgehead atoms. The maximum Gasteiger partial charge on any atom is 0.276 e. The van der Waals surface area contributed by atoms with Gasteiger partial charge in [-0.3, -0.25) is 14.9 Å². The molecule has 2 aromatic carbocycles. The van der Waals surface area contributed by atoms with Crippen LogP contribution in [0.3, 0.4) is 0 Å². The van der Waals surface area contributed by atoms with Crippen LogP contribution in [-0.4, -0.2) is 33.8 Å². The molecule has 28 heavy (non-hydrogen) atoms. The Bertz CT molecular complexity index is 1070. The number of nitrogens with zero attached hydrogens (tertiary/aromatic N) is 3. The molecule has 0 saturated heterocycles. The summed E-state index contributed by atoms with van der Waals surface area (Å²) >= 11 is 1.48. The highest BCUT2D eigenvalue weighted by molar-refractivity contribution is 8.13. The Kier molecular flexibility index (Phi) is 5.25. The van der Waals surface area contributed by atoms with Crippen LogP contribution in [0.25, 0.3) is 5.70 Å². The van der Waals surface area contributed by atoms with E-state index in [0.717, 1.165) is 18.6 Å². The van der Waals surface area contributed by atoms with Crippen LogP contribution in [0.1, 0.15) is 30.1 Å². The molecule has 1 amide bonds. The smallest absolute Gasteiger partial charge is 0.276 e. The van der Waals surface area contributed by atoms with Crippen molar-refractivity contribution in [1.82, 2.24) is 10.3 Å². The second-order valence-corrected chi connectivity index (χ2v) is 7.59. The number of carbonyl (C=O) groups excluding carboxylic acids is 2. The van der Waals surface area contributed by atoms with Crippen LogP contribution in [0.5, 0.6) is 0 Å². The largest absolute Gasteiger partial charge is 0.298 e. The summed E-state index contributed by atoms with van der Waals surface area (Å²) in [5, 5.41) is 10.7. The second-order valence-electron chi connectivity index (χ2n) is 6.50. The molecule has 6 nitrogen and oxygen atoms in total. The molecule has 2 aromatic rings. The fourth-order valence-electron chi connectivity index (χ4n) is 3.13. The molecule has 0 spiro atoms. The quantitative estimate of drug-likeness (QED) is 0.623. The molecule has 0 saturated carbocycles. The van der Waals surface area contributed by atoms with E-state index in [2.05, 4.69) is 22.3 Å². The van der Waals surface area contributed by atoms with E-state index in [1.807, 2.05) is 42.5 Å². The number of amidine groups is 1. The predicted molar refractivity (Wildman–Crippen MR) is 110 cm³/mol. The lowest BCUT2D eigenvalue weighted by Crippen LogP contribution is -2.54. The molecule has 1 atom stereocenters. The van der Waals surface area contributed by atoms with Crippen LogP contribution in [0.2, 0.25) is 0 Å². The van der Waals surface area contributed by atoms with Gasteiger partial charge in [0, 0.05) is 16.5 Å². The fourth-order valence-corrected chi connectivity index (χ4v) is 4.07. The minimum absolute atomic E-state index is 0.191. The van der Waals surface area contributed by atoms with Gasteiger partial charge in [0.05, 0.1) is 5.36 Å². The summed E-state index contributed by atoms with van der Waals surface area (Å²) in [7, 11) is 0. The Labute approximate surface area is 167 Å². The molecule has 4 rings (SSSR count). The zero-order valence-electron chi connectivity index (χ0n) is 15.5. The third kappa shape index (κ3) is 3.45. The van der Waals surface area contributed by atoms with E-state index in [9.17, 15) is 9.59 Å². The molecule has 7 heteroatoms. The van der Waals surface area contributed by atoms with Gasteiger partial charge in [0.2, 0.25) is 11.9 Å². The summed E-state index contributed by atoms with van der Waals surface area (Å²) in [5.74, 6) is 0.398. The van der Waals surface area contributed by atoms with Gasteiger partial charge in [-0.1, -0.05) is 73.6 Å². The van der Waals surface area contributed by atoms with Crippen molar-refractivity contribution >= 4 is 34.3 Å². The average molecular weight is 392 g/mol. The number of ketones is 1. The van der Waals surface area contributed by atoms with Gasteiger partial charge in [0.1, 0.15) is 5.70 Å². The molecular weight excluding hydrogens is 372 g/mol. The van der Waals surface area contributed by atoms with Crippen LogP contribution in [0.4, 0.5) is 0 Å². The predicted octanol–water partition coefficient (Wildman–Crippen LogP) is 1.87. The van der Waals surface area contributed by atoms with Crippen LogP contribution in [0, 0.1) is 0 Å². The van der Waals surface area contributed by atoms with Gasteiger partial charge in [0.15, 0.2) is 5.17 Å². The summed E-state index contributed by atoms with van der Waals surface area (Å²) in [4.78, 5) is 30.7. The third-order valence-corrected chi connectivity index (χ3v) is 5.49. The summed E-state index contributed by atoms with van der Waals surface area (Å²) in [6, 6.07) is 16.3. The first kappa shape index (κ1) is 18.4. The fraction of sp³-hybridized carbons (Fsp3) is 0.238. The van der Waals surface area contributed by atoms with E-state index in [-0.39, 0.29) is 11.7 Å². The molecule has 0 unspecified atom stereocenters. The molecular formula is C21H20N4O2S. The standard InChI is InChI=1S/C21H20N4O2S/c1-2-3-13-28-21-23-20(27)17-15-11-7-8-12-16(15)22-19(25(17)24-21)18(26)14-9-5-4-6-10-14/h4-12,19H,2-3,13H2,1H3,(H,23,24,27)/t19-/m1/s1. The third-order valence-electron chi connectivity index (χ3n) is 4.54. The zero-order chi connectivity index (χ0) is 19.5. The molecule has 0 aliphatic carbocycles. The normalized spacial score (nSPS) is 17.8. The molecule has 0 radical (unpaired) electrons. The first-order chi connectivity index (χ1) is 13.7. The number of unbranched alkanes of at least 4 members (excludes halogenated alkanes) is 1. The van der Waals surface area contributed by atoms with Gasteiger partial charge in [-0.05, 0) is 12.5 Å². The van der Waals surface area contributed by atoms with Gasteiger partial charge in [-0.15, -0.1) is 5.10 Å². The van der Waals surface area contributed by atoms with Gasteiger partial charge in [0.25, 0.3) is 5.91 Å². The molecule has 0 fully saturated rings. The highest BCUT2D eigenvalue weighted by Crippen LogP contribution is 2.23. The van der Waals surface area contributed by atoms with Gasteiger partial charge in [-0.2, -0.15) is 0 Å². The Balaban J connectivity index is 1.81. The number of fused-ring (bicyclic) bond motifs is 2. The number of carbonyl (C=O) groups is 2.